The predicted molar refractivity (Wildman–Crippen MR) is 73.7 cm³/mol. The summed E-state index contributed by atoms with van der Waals surface area (Å²) in [5.41, 5.74) is 1.27. The summed E-state index contributed by atoms with van der Waals surface area (Å²) in [4.78, 5) is 6.85. The molecule has 1 aromatic rings. The first-order valence-electron chi connectivity index (χ1n) is 6.80. The third kappa shape index (κ3) is 3.96. The lowest BCUT2D eigenvalue weighted by Gasteiger charge is -2.30. The second kappa shape index (κ2) is 6.71. The van der Waals surface area contributed by atoms with E-state index in [0.29, 0.717) is 6.10 Å². The van der Waals surface area contributed by atoms with E-state index in [0.717, 1.165) is 45.0 Å². The lowest BCUT2D eigenvalue weighted by Crippen LogP contribution is -2.40. The zero-order chi connectivity index (χ0) is 12.8. The van der Waals surface area contributed by atoms with Crippen molar-refractivity contribution in [1.82, 2.24) is 9.88 Å². The molecule has 0 aromatic carbocycles. The molecule has 1 atom stereocenters. The van der Waals surface area contributed by atoms with Crippen LogP contribution in [-0.2, 0) is 11.3 Å². The van der Waals surface area contributed by atoms with Crippen LogP contribution in [0.25, 0.3) is 0 Å². The number of hydrogen-bond acceptors (Lipinski definition) is 4. The molecule has 0 amide bonds. The molecule has 1 unspecified atom stereocenters. The van der Waals surface area contributed by atoms with Gasteiger partial charge < -0.3 is 10.1 Å². The van der Waals surface area contributed by atoms with Gasteiger partial charge in [-0.05, 0) is 25.0 Å². The maximum Gasteiger partial charge on any atom is 0.125 e. The van der Waals surface area contributed by atoms with E-state index in [9.17, 15) is 0 Å². The molecule has 2 heterocycles. The Labute approximate surface area is 109 Å². The normalized spacial score (nSPS) is 20.9. The molecule has 100 valence electrons. The average molecular weight is 249 g/mol. The first-order chi connectivity index (χ1) is 8.78. The maximum absolute atomic E-state index is 5.54. The summed E-state index contributed by atoms with van der Waals surface area (Å²) in [5, 5.41) is 3.29. The lowest BCUT2D eigenvalue weighted by molar-refractivity contribution is -0.0212. The van der Waals surface area contributed by atoms with Gasteiger partial charge in [0, 0.05) is 32.4 Å². The van der Waals surface area contributed by atoms with Crippen LogP contribution in [0, 0.1) is 0 Å². The molecule has 1 N–H and O–H groups in total. The monoisotopic (exact) mass is 249 g/mol. The van der Waals surface area contributed by atoms with E-state index in [1.165, 1.54) is 5.56 Å². The largest absolute Gasteiger partial charge is 0.376 e. The molecular formula is C14H23N3O. The molecule has 2 rings (SSSR count). The fourth-order valence-corrected chi connectivity index (χ4v) is 2.17. The van der Waals surface area contributed by atoms with Gasteiger partial charge in [0.2, 0.25) is 0 Å². The zero-order valence-corrected chi connectivity index (χ0v) is 11.4. The highest BCUT2D eigenvalue weighted by atomic mass is 16.5. The van der Waals surface area contributed by atoms with Gasteiger partial charge in [0.25, 0.3) is 0 Å². The number of morpholine rings is 1. The standard InChI is InChI=1S/C14H23N3O/c1-3-6-15-14-5-4-13(9-16-14)11-17-7-8-18-12(2)10-17/h4-5,9,12H,3,6-8,10-11H2,1-2H3,(H,15,16). The number of aromatic nitrogens is 1. The van der Waals surface area contributed by atoms with Gasteiger partial charge in [-0.15, -0.1) is 0 Å². The van der Waals surface area contributed by atoms with Crippen molar-refractivity contribution < 1.29 is 4.74 Å². The molecule has 0 spiro atoms. The molecule has 0 bridgehead atoms. The third-order valence-corrected chi connectivity index (χ3v) is 3.11. The fourth-order valence-electron chi connectivity index (χ4n) is 2.17. The van der Waals surface area contributed by atoms with Crippen LogP contribution >= 0.6 is 0 Å². The Hall–Kier alpha value is -1.13. The highest BCUT2D eigenvalue weighted by molar-refractivity contribution is 5.35. The van der Waals surface area contributed by atoms with Crippen LogP contribution in [0.2, 0.25) is 0 Å². The number of nitrogens with zero attached hydrogens (tertiary/aromatic N) is 2. The Kier molecular flexibility index (Phi) is 4.96. The summed E-state index contributed by atoms with van der Waals surface area (Å²) in [7, 11) is 0. The fraction of sp³-hybridized carbons (Fsp3) is 0.643. The van der Waals surface area contributed by atoms with Crippen LogP contribution in [-0.4, -0.2) is 42.2 Å². The second-order valence-electron chi connectivity index (χ2n) is 4.89. The molecule has 1 aliphatic rings. The molecule has 1 aromatic heterocycles. The van der Waals surface area contributed by atoms with E-state index in [4.69, 9.17) is 4.74 Å². The predicted octanol–water partition coefficient (Wildman–Crippen LogP) is 2.12. The molecule has 1 aliphatic heterocycles. The Morgan fingerprint density at radius 1 is 1.50 bits per heavy atom. The van der Waals surface area contributed by atoms with E-state index < -0.39 is 0 Å². The van der Waals surface area contributed by atoms with Gasteiger partial charge in [0.1, 0.15) is 5.82 Å². The molecule has 4 nitrogen and oxygen atoms in total. The Balaban J connectivity index is 1.85. The average Bonchev–Trinajstić information content (AvgIpc) is 2.38. The van der Waals surface area contributed by atoms with Crippen LogP contribution in [0.4, 0.5) is 5.82 Å². The molecule has 0 aliphatic carbocycles. The quantitative estimate of drug-likeness (QED) is 0.867. The van der Waals surface area contributed by atoms with Crippen molar-refractivity contribution in [2.24, 2.45) is 0 Å². The number of anilines is 1. The van der Waals surface area contributed by atoms with Gasteiger partial charge in [-0.1, -0.05) is 13.0 Å². The van der Waals surface area contributed by atoms with Gasteiger partial charge in [0.05, 0.1) is 12.7 Å². The minimum atomic E-state index is 0.345. The van der Waals surface area contributed by atoms with Crippen molar-refractivity contribution in [3.05, 3.63) is 23.9 Å². The molecule has 0 radical (unpaired) electrons. The van der Waals surface area contributed by atoms with Crippen molar-refractivity contribution in [1.29, 1.82) is 0 Å². The molecule has 18 heavy (non-hydrogen) atoms. The van der Waals surface area contributed by atoms with Crippen molar-refractivity contribution in [2.45, 2.75) is 32.9 Å². The Bertz CT molecular complexity index is 353. The third-order valence-electron chi connectivity index (χ3n) is 3.11. The second-order valence-corrected chi connectivity index (χ2v) is 4.89. The number of nitrogens with one attached hydrogen (secondary N) is 1. The van der Waals surface area contributed by atoms with Gasteiger partial charge >= 0.3 is 0 Å². The molecule has 1 saturated heterocycles. The van der Waals surface area contributed by atoms with Crippen LogP contribution in [0.3, 0.4) is 0 Å². The number of pyridine rings is 1. The Morgan fingerprint density at radius 3 is 3.06 bits per heavy atom. The molecular weight excluding hydrogens is 226 g/mol. The molecule has 0 saturated carbocycles. The summed E-state index contributed by atoms with van der Waals surface area (Å²) in [6.45, 7) is 9.09. The van der Waals surface area contributed by atoms with E-state index in [-0.39, 0.29) is 0 Å². The first kappa shape index (κ1) is 13.3. The minimum Gasteiger partial charge on any atom is -0.376 e. The van der Waals surface area contributed by atoms with Crippen molar-refractivity contribution in [3.63, 3.8) is 0 Å². The van der Waals surface area contributed by atoms with Gasteiger partial charge in [-0.2, -0.15) is 0 Å². The highest BCUT2D eigenvalue weighted by Crippen LogP contribution is 2.11. The van der Waals surface area contributed by atoms with Gasteiger partial charge in [0.15, 0.2) is 0 Å². The SMILES string of the molecule is CCCNc1ccc(CN2CCOC(C)C2)cn1. The van der Waals surface area contributed by atoms with Gasteiger partial charge in [-0.3, -0.25) is 4.90 Å². The summed E-state index contributed by atoms with van der Waals surface area (Å²) in [6, 6.07) is 4.22. The lowest BCUT2D eigenvalue weighted by atomic mass is 10.2. The minimum absolute atomic E-state index is 0.345. The Morgan fingerprint density at radius 2 is 2.39 bits per heavy atom. The molecule has 1 fully saturated rings. The topological polar surface area (TPSA) is 37.4 Å². The summed E-state index contributed by atoms with van der Waals surface area (Å²) >= 11 is 0. The first-order valence-corrected chi connectivity index (χ1v) is 6.80. The zero-order valence-electron chi connectivity index (χ0n) is 11.4. The number of rotatable bonds is 5. The van der Waals surface area contributed by atoms with Gasteiger partial charge in [-0.25, -0.2) is 4.98 Å². The highest BCUT2D eigenvalue weighted by Gasteiger charge is 2.16. The van der Waals surface area contributed by atoms with Crippen LogP contribution in [0.1, 0.15) is 25.8 Å². The number of hydrogen-bond donors (Lipinski definition) is 1. The van der Waals surface area contributed by atoms with Crippen LogP contribution < -0.4 is 5.32 Å². The smallest absolute Gasteiger partial charge is 0.125 e. The van der Waals surface area contributed by atoms with E-state index in [1.54, 1.807) is 0 Å². The van der Waals surface area contributed by atoms with Crippen LogP contribution in [0.15, 0.2) is 18.3 Å². The van der Waals surface area contributed by atoms with Crippen molar-refractivity contribution >= 4 is 5.82 Å². The van der Waals surface area contributed by atoms with E-state index in [2.05, 4.69) is 41.2 Å². The van der Waals surface area contributed by atoms with E-state index in [1.807, 2.05) is 6.20 Å². The summed E-state index contributed by atoms with van der Waals surface area (Å²) in [6.07, 6.45) is 3.44. The van der Waals surface area contributed by atoms with Crippen molar-refractivity contribution in [2.75, 3.05) is 31.6 Å². The van der Waals surface area contributed by atoms with Crippen LogP contribution in [0.5, 0.6) is 0 Å². The molecule has 4 heteroatoms. The van der Waals surface area contributed by atoms with E-state index >= 15 is 0 Å². The van der Waals surface area contributed by atoms with Crippen molar-refractivity contribution in [3.8, 4) is 0 Å². The summed E-state index contributed by atoms with van der Waals surface area (Å²) < 4.78 is 5.54. The number of ether oxygens (including phenoxy) is 1. The maximum atomic E-state index is 5.54. The summed E-state index contributed by atoms with van der Waals surface area (Å²) in [5.74, 6) is 0.968.